The second-order valence-corrected chi connectivity index (χ2v) is 6.63. The Hall–Kier alpha value is -2.18. The molecule has 2 heterocycles. The highest BCUT2D eigenvalue weighted by Crippen LogP contribution is 2.16. The zero-order chi connectivity index (χ0) is 17.3. The van der Waals surface area contributed by atoms with Crippen LogP contribution in [0.25, 0.3) is 5.69 Å². The topological polar surface area (TPSA) is 61.6 Å². The lowest BCUT2D eigenvalue weighted by atomic mass is 10.1. The van der Waals surface area contributed by atoms with Crippen LogP contribution < -0.4 is 0 Å². The minimum absolute atomic E-state index is 0.437. The largest absolute Gasteiger partial charge is 0.480 e. The number of aromatic nitrogens is 2. The van der Waals surface area contributed by atoms with Gasteiger partial charge in [0, 0.05) is 37.9 Å². The van der Waals surface area contributed by atoms with Crippen LogP contribution in [0.3, 0.4) is 0 Å². The molecule has 1 unspecified atom stereocenters. The van der Waals surface area contributed by atoms with Crippen LogP contribution >= 0.6 is 0 Å². The van der Waals surface area contributed by atoms with Crippen LogP contribution in [0, 0.1) is 13.8 Å². The highest BCUT2D eigenvalue weighted by atomic mass is 16.4. The van der Waals surface area contributed by atoms with E-state index in [9.17, 15) is 9.90 Å². The number of rotatable bonds is 4. The van der Waals surface area contributed by atoms with E-state index >= 15 is 0 Å². The van der Waals surface area contributed by atoms with Gasteiger partial charge in [-0.05, 0) is 44.2 Å². The van der Waals surface area contributed by atoms with Gasteiger partial charge in [0.05, 0.1) is 11.9 Å². The van der Waals surface area contributed by atoms with Crippen molar-refractivity contribution in [1.29, 1.82) is 0 Å². The lowest BCUT2D eigenvalue weighted by Gasteiger charge is -2.36. The van der Waals surface area contributed by atoms with Crippen LogP contribution in [0.5, 0.6) is 0 Å². The summed E-state index contributed by atoms with van der Waals surface area (Å²) in [4.78, 5) is 15.4. The molecule has 0 saturated carbocycles. The number of likely N-dealkylation sites (N-methyl/N-ethyl adjacent to an activating group) is 1. The van der Waals surface area contributed by atoms with Crippen molar-refractivity contribution in [2.45, 2.75) is 26.4 Å². The zero-order valence-corrected chi connectivity index (χ0v) is 14.4. The van der Waals surface area contributed by atoms with Crippen LogP contribution in [-0.2, 0) is 11.3 Å². The maximum Gasteiger partial charge on any atom is 0.322 e. The van der Waals surface area contributed by atoms with Gasteiger partial charge in [0.15, 0.2) is 0 Å². The Kier molecular flexibility index (Phi) is 4.69. The van der Waals surface area contributed by atoms with Crippen molar-refractivity contribution in [3.8, 4) is 5.69 Å². The number of carboxylic acids is 1. The summed E-state index contributed by atoms with van der Waals surface area (Å²) in [6.45, 7) is 7.10. The van der Waals surface area contributed by atoms with Gasteiger partial charge in [-0.1, -0.05) is 6.07 Å². The molecule has 0 radical (unpaired) electrons. The number of nitrogens with zero attached hydrogens (tertiary/aromatic N) is 4. The second-order valence-electron chi connectivity index (χ2n) is 6.63. The van der Waals surface area contributed by atoms with Gasteiger partial charge in [-0.3, -0.25) is 14.6 Å². The van der Waals surface area contributed by atoms with Crippen molar-refractivity contribution < 1.29 is 9.90 Å². The molecular formula is C18H24N4O2. The number of hydrogen-bond donors (Lipinski definition) is 1. The van der Waals surface area contributed by atoms with E-state index < -0.39 is 12.0 Å². The summed E-state index contributed by atoms with van der Waals surface area (Å²) in [5.74, 6) is -0.756. The van der Waals surface area contributed by atoms with Crippen molar-refractivity contribution in [2.75, 3.05) is 26.7 Å². The molecule has 1 N–H and O–H groups in total. The number of piperazine rings is 1. The van der Waals surface area contributed by atoms with Gasteiger partial charge in [-0.2, -0.15) is 5.10 Å². The van der Waals surface area contributed by atoms with Gasteiger partial charge in [0.25, 0.3) is 0 Å². The van der Waals surface area contributed by atoms with Crippen molar-refractivity contribution in [2.24, 2.45) is 0 Å². The molecule has 1 aromatic heterocycles. The molecule has 128 valence electrons. The molecule has 24 heavy (non-hydrogen) atoms. The summed E-state index contributed by atoms with van der Waals surface area (Å²) in [6.07, 6.45) is 3.89. The number of carbonyl (C=O) groups is 1. The quantitative estimate of drug-likeness (QED) is 0.925. The number of aryl methyl sites for hydroxylation is 2. The summed E-state index contributed by atoms with van der Waals surface area (Å²) >= 11 is 0. The number of aliphatic carboxylic acids is 1. The van der Waals surface area contributed by atoms with Gasteiger partial charge in [-0.15, -0.1) is 0 Å². The van der Waals surface area contributed by atoms with Crippen molar-refractivity contribution in [3.63, 3.8) is 0 Å². The Bertz CT molecular complexity index is 740. The Morgan fingerprint density at radius 2 is 2.08 bits per heavy atom. The minimum Gasteiger partial charge on any atom is -0.480 e. The highest BCUT2D eigenvalue weighted by molar-refractivity contribution is 5.73. The maximum absolute atomic E-state index is 11.3. The molecule has 1 aromatic carbocycles. The van der Waals surface area contributed by atoms with Crippen LogP contribution in [0.1, 0.15) is 16.7 Å². The Morgan fingerprint density at radius 3 is 2.79 bits per heavy atom. The van der Waals surface area contributed by atoms with E-state index in [4.69, 9.17) is 0 Å². The van der Waals surface area contributed by atoms with Crippen molar-refractivity contribution >= 4 is 5.97 Å². The van der Waals surface area contributed by atoms with E-state index in [1.165, 1.54) is 11.1 Å². The summed E-state index contributed by atoms with van der Waals surface area (Å²) in [5, 5.41) is 13.8. The van der Waals surface area contributed by atoms with E-state index in [-0.39, 0.29) is 0 Å². The Labute approximate surface area is 142 Å². The maximum atomic E-state index is 11.3. The fourth-order valence-electron chi connectivity index (χ4n) is 3.05. The first-order valence-electron chi connectivity index (χ1n) is 8.20. The normalized spacial score (nSPS) is 19.5. The number of benzene rings is 1. The Morgan fingerprint density at radius 1 is 1.29 bits per heavy atom. The molecule has 2 aromatic rings. The zero-order valence-electron chi connectivity index (χ0n) is 14.4. The molecule has 1 atom stereocenters. The predicted molar refractivity (Wildman–Crippen MR) is 92.4 cm³/mol. The van der Waals surface area contributed by atoms with E-state index in [2.05, 4.69) is 42.0 Å². The third-order valence-corrected chi connectivity index (χ3v) is 4.81. The Balaban J connectivity index is 1.70. The third-order valence-electron chi connectivity index (χ3n) is 4.81. The number of hydrogen-bond acceptors (Lipinski definition) is 4. The molecule has 0 spiro atoms. The third kappa shape index (κ3) is 3.49. The lowest BCUT2D eigenvalue weighted by Crippen LogP contribution is -2.54. The van der Waals surface area contributed by atoms with Gasteiger partial charge in [-0.25, -0.2) is 4.68 Å². The molecule has 1 aliphatic rings. The van der Waals surface area contributed by atoms with Crippen LogP contribution in [0.2, 0.25) is 0 Å². The van der Waals surface area contributed by atoms with E-state index in [0.717, 1.165) is 30.9 Å². The van der Waals surface area contributed by atoms with Gasteiger partial charge in [0.2, 0.25) is 0 Å². The predicted octanol–water partition coefficient (Wildman–Crippen LogP) is 1.69. The minimum atomic E-state index is -0.756. The first-order valence-corrected chi connectivity index (χ1v) is 8.20. The molecule has 6 heteroatoms. The van der Waals surface area contributed by atoms with Crippen molar-refractivity contribution in [3.05, 3.63) is 47.3 Å². The first kappa shape index (κ1) is 16.7. The molecular weight excluding hydrogens is 304 g/mol. The van der Waals surface area contributed by atoms with Crippen LogP contribution in [-0.4, -0.2) is 63.4 Å². The first-order chi connectivity index (χ1) is 11.4. The van der Waals surface area contributed by atoms with Gasteiger partial charge >= 0.3 is 5.97 Å². The molecule has 0 aliphatic carbocycles. The highest BCUT2D eigenvalue weighted by Gasteiger charge is 2.29. The monoisotopic (exact) mass is 328 g/mol. The smallest absolute Gasteiger partial charge is 0.322 e. The molecule has 6 nitrogen and oxygen atoms in total. The molecule has 0 amide bonds. The SMILES string of the molecule is Cc1ccc(-n2cc(CN3CCN(C)C(C(=O)O)C3)cn2)cc1C. The second kappa shape index (κ2) is 6.75. The lowest BCUT2D eigenvalue weighted by molar-refractivity contribution is -0.145. The molecule has 3 rings (SSSR count). The van der Waals surface area contributed by atoms with Crippen LogP contribution in [0.4, 0.5) is 0 Å². The fourth-order valence-corrected chi connectivity index (χ4v) is 3.05. The van der Waals surface area contributed by atoms with E-state index in [0.29, 0.717) is 6.54 Å². The molecule has 0 bridgehead atoms. The van der Waals surface area contributed by atoms with Crippen LogP contribution in [0.15, 0.2) is 30.6 Å². The standard InChI is InChI=1S/C18H24N4O2/c1-13-4-5-16(8-14(13)2)22-11-15(9-19-22)10-21-7-6-20(3)17(12-21)18(23)24/h4-5,8-9,11,17H,6-7,10,12H2,1-3H3,(H,23,24). The van der Waals surface area contributed by atoms with Gasteiger partial charge in [0.1, 0.15) is 6.04 Å². The summed E-state index contributed by atoms with van der Waals surface area (Å²) < 4.78 is 1.88. The molecule has 1 saturated heterocycles. The average molecular weight is 328 g/mol. The van der Waals surface area contributed by atoms with E-state index in [1.54, 1.807) is 0 Å². The van der Waals surface area contributed by atoms with Gasteiger partial charge < -0.3 is 5.11 Å². The molecule has 1 aliphatic heterocycles. The molecule has 1 fully saturated rings. The van der Waals surface area contributed by atoms with Crippen molar-refractivity contribution in [1.82, 2.24) is 19.6 Å². The summed E-state index contributed by atoms with van der Waals surface area (Å²) in [7, 11) is 1.87. The summed E-state index contributed by atoms with van der Waals surface area (Å²) in [6, 6.07) is 5.86. The number of carboxylic acid groups (broad SMARTS) is 1. The fraction of sp³-hybridized carbons (Fsp3) is 0.444. The summed E-state index contributed by atoms with van der Waals surface area (Å²) in [5.41, 5.74) is 4.66. The van der Waals surface area contributed by atoms with E-state index in [1.807, 2.05) is 29.0 Å². The average Bonchev–Trinajstić information content (AvgIpc) is 3.00.